The zero-order chi connectivity index (χ0) is 18.9. The quantitative estimate of drug-likeness (QED) is 0.471. The zero-order valence-corrected chi connectivity index (χ0v) is 17.6. The third kappa shape index (κ3) is 6.27. The second-order valence-corrected chi connectivity index (χ2v) is 8.88. The van der Waals surface area contributed by atoms with Gasteiger partial charge >= 0.3 is 0 Å². The van der Waals surface area contributed by atoms with E-state index in [0.717, 1.165) is 17.8 Å². The van der Waals surface area contributed by atoms with Gasteiger partial charge in [-0.2, -0.15) is 0 Å². The van der Waals surface area contributed by atoms with E-state index in [2.05, 4.69) is 62.1 Å². The highest BCUT2D eigenvalue weighted by Crippen LogP contribution is 2.35. The van der Waals surface area contributed by atoms with Gasteiger partial charge in [0.05, 0.1) is 0 Å². The lowest BCUT2D eigenvalue weighted by Gasteiger charge is -2.26. The maximum absolute atomic E-state index is 3.54. The lowest BCUT2D eigenvalue weighted by atomic mass is 9.78. The Balaban J connectivity index is 1.41. The Kier molecular flexibility index (Phi) is 8.07. The molecule has 1 aromatic carbocycles. The molecule has 0 saturated heterocycles. The second kappa shape index (κ2) is 10.8. The maximum Gasteiger partial charge on any atom is 0.0206 e. The van der Waals surface area contributed by atoms with Crippen molar-refractivity contribution >= 4 is 0 Å². The largest absolute Gasteiger partial charge is 0.0951 e. The van der Waals surface area contributed by atoms with E-state index in [-0.39, 0.29) is 0 Å². The van der Waals surface area contributed by atoms with Crippen LogP contribution in [0, 0.1) is 29.6 Å². The fraction of sp³-hybridized carbons (Fsp3) is 0.630. The fourth-order valence-electron chi connectivity index (χ4n) is 4.96. The van der Waals surface area contributed by atoms with E-state index in [1.165, 1.54) is 76.2 Å². The van der Waals surface area contributed by atoms with Crippen LogP contribution < -0.4 is 0 Å². The first kappa shape index (κ1) is 20.3. The van der Waals surface area contributed by atoms with E-state index in [1.807, 2.05) is 0 Å². The molecular weight excluding hydrogens is 324 g/mol. The van der Waals surface area contributed by atoms with E-state index in [0.29, 0.717) is 5.92 Å². The molecular formula is C27H38. The number of rotatable bonds is 5. The van der Waals surface area contributed by atoms with Crippen molar-refractivity contribution in [1.29, 1.82) is 0 Å². The third-order valence-electron chi connectivity index (χ3n) is 6.92. The van der Waals surface area contributed by atoms with Crippen molar-refractivity contribution in [3.8, 4) is 11.8 Å². The lowest BCUT2D eigenvalue weighted by Crippen LogP contribution is -2.12. The van der Waals surface area contributed by atoms with E-state index >= 15 is 0 Å². The number of hydrogen-bond acceptors (Lipinski definition) is 0. The number of aryl methyl sites for hydroxylation is 1. The lowest BCUT2D eigenvalue weighted by molar-refractivity contribution is 0.304. The summed E-state index contributed by atoms with van der Waals surface area (Å²) in [5.41, 5.74) is 3.03. The average molecular weight is 363 g/mol. The summed E-state index contributed by atoms with van der Waals surface area (Å²) in [4.78, 5) is 0. The molecule has 0 atom stereocenters. The van der Waals surface area contributed by atoms with Crippen molar-refractivity contribution in [1.82, 2.24) is 0 Å². The van der Waals surface area contributed by atoms with Gasteiger partial charge in [-0.25, -0.2) is 0 Å². The minimum atomic E-state index is 0.612. The molecule has 0 amide bonds. The molecule has 2 aliphatic carbocycles. The fourth-order valence-corrected chi connectivity index (χ4v) is 4.96. The number of hydrogen-bond donors (Lipinski definition) is 0. The highest BCUT2D eigenvalue weighted by Gasteiger charge is 2.21. The molecule has 0 aliphatic heterocycles. The van der Waals surface area contributed by atoms with E-state index in [1.54, 1.807) is 5.56 Å². The van der Waals surface area contributed by atoms with Crippen LogP contribution in [0.5, 0.6) is 0 Å². The van der Waals surface area contributed by atoms with Gasteiger partial charge in [-0.1, -0.05) is 68.9 Å². The normalized spacial score (nSPS) is 28.7. The summed E-state index contributed by atoms with van der Waals surface area (Å²) in [5.74, 6) is 10.1. The SMILES string of the molecule is CCCc1ccc([C@H]2CC[C@H](C#CC=C[C@H]3CC[C@H](CC)CC3)CC2)cc1. The van der Waals surface area contributed by atoms with Gasteiger partial charge in [0.2, 0.25) is 0 Å². The summed E-state index contributed by atoms with van der Waals surface area (Å²) in [5, 5.41) is 0. The zero-order valence-electron chi connectivity index (χ0n) is 17.6. The Morgan fingerprint density at radius 1 is 0.889 bits per heavy atom. The highest BCUT2D eigenvalue weighted by atomic mass is 14.3. The molecule has 0 radical (unpaired) electrons. The van der Waals surface area contributed by atoms with Crippen LogP contribution in [0.25, 0.3) is 0 Å². The van der Waals surface area contributed by atoms with Gasteiger partial charge in [-0.3, -0.25) is 0 Å². The van der Waals surface area contributed by atoms with Crippen molar-refractivity contribution in [2.75, 3.05) is 0 Å². The minimum absolute atomic E-state index is 0.612. The van der Waals surface area contributed by atoms with Crippen LogP contribution in [-0.2, 0) is 6.42 Å². The van der Waals surface area contributed by atoms with Crippen LogP contribution in [0.4, 0.5) is 0 Å². The predicted molar refractivity (Wildman–Crippen MR) is 118 cm³/mol. The first-order chi connectivity index (χ1) is 13.3. The Hall–Kier alpha value is -1.48. The standard InChI is InChI=1S/C27H38/c1-3-7-23-14-18-26(19-15-23)27-20-16-25(17-21-27)9-6-5-8-24-12-10-22(4-2)11-13-24/h5,8,14-15,18-19,22,24-25,27H,3-4,7,10-13,16-17,20-21H2,1-2H3/t22-,24-,25-,27-. The first-order valence-electron chi connectivity index (χ1n) is 11.5. The molecule has 0 spiro atoms. The van der Waals surface area contributed by atoms with E-state index < -0.39 is 0 Å². The molecule has 0 heteroatoms. The molecule has 2 saturated carbocycles. The second-order valence-electron chi connectivity index (χ2n) is 8.88. The molecule has 2 aliphatic rings. The van der Waals surface area contributed by atoms with Crippen molar-refractivity contribution in [2.45, 2.75) is 90.4 Å². The van der Waals surface area contributed by atoms with Crippen LogP contribution in [0.15, 0.2) is 36.4 Å². The van der Waals surface area contributed by atoms with Crippen molar-refractivity contribution in [3.05, 3.63) is 47.5 Å². The molecule has 0 N–H and O–H groups in total. The Morgan fingerprint density at radius 3 is 2.22 bits per heavy atom. The van der Waals surface area contributed by atoms with Gasteiger partial charge in [0.25, 0.3) is 0 Å². The van der Waals surface area contributed by atoms with Gasteiger partial charge in [-0.05, 0) is 92.7 Å². The molecule has 2 fully saturated rings. The number of benzene rings is 1. The van der Waals surface area contributed by atoms with Crippen LogP contribution in [0.2, 0.25) is 0 Å². The van der Waals surface area contributed by atoms with Crippen LogP contribution in [0.1, 0.15) is 95.1 Å². The molecule has 0 bridgehead atoms. The topological polar surface area (TPSA) is 0 Å². The molecule has 3 rings (SSSR count). The molecule has 0 aromatic heterocycles. The summed E-state index contributed by atoms with van der Waals surface area (Å²) >= 11 is 0. The predicted octanol–water partition coefficient (Wildman–Crippen LogP) is 7.69. The Bertz CT molecular complexity index is 623. The minimum Gasteiger partial charge on any atom is -0.0951 e. The summed E-state index contributed by atoms with van der Waals surface area (Å²) in [7, 11) is 0. The average Bonchev–Trinajstić information content (AvgIpc) is 2.73. The van der Waals surface area contributed by atoms with Gasteiger partial charge in [0.1, 0.15) is 0 Å². The van der Waals surface area contributed by atoms with Crippen LogP contribution in [0.3, 0.4) is 0 Å². The van der Waals surface area contributed by atoms with Crippen molar-refractivity contribution in [3.63, 3.8) is 0 Å². The van der Waals surface area contributed by atoms with Gasteiger partial charge < -0.3 is 0 Å². The van der Waals surface area contributed by atoms with Crippen LogP contribution >= 0.6 is 0 Å². The highest BCUT2D eigenvalue weighted by molar-refractivity contribution is 5.26. The van der Waals surface area contributed by atoms with Gasteiger partial charge in [-0.15, -0.1) is 0 Å². The summed E-state index contributed by atoms with van der Waals surface area (Å²) in [6.07, 6.45) is 19.1. The van der Waals surface area contributed by atoms with Crippen molar-refractivity contribution < 1.29 is 0 Å². The third-order valence-corrected chi connectivity index (χ3v) is 6.92. The smallest absolute Gasteiger partial charge is 0.0206 e. The number of allylic oxidation sites excluding steroid dienone is 2. The molecule has 0 heterocycles. The molecule has 0 nitrogen and oxygen atoms in total. The van der Waals surface area contributed by atoms with Gasteiger partial charge in [0, 0.05) is 5.92 Å². The van der Waals surface area contributed by atoms with Crippen LogP contribution in [-0.4, -0.2) is 0 Å². The molecule has 0 unspecified atom stereocenters. The monoisotopic (exact) mass is 362 g/mol. The van der Waals surface area contributed by atoms with Crippen molar-refractivity contribution in [2.24, 2.45) is 17.8 Å². The Labute approximate surface area is 167 Å². The summed E-state index contributed by atoms with van der Waals surface area (Å²) < 4.78 is 0. The molecule has 146 valence electrons. The van der Waals surface area contributed by atoms with Gasteiger partial charge in [0.15, 0.2) is 0 Å². The molecule has 1 aromatic rings. The first-order valence-corrected chi connectivity index (χ1v) is 11.5. The summed E-state index contributed by atoms with van der Waals surface area (Å²) in [6, 6.07) is 9.42. The summed E-state index contributed by atoms with van der Waals surface area (Å²) in [6.45, 7) is 4.59. The Morgan fingerprint density at radius 2 is 1.59 bits per heavy atom. The maximum atomic E-state index is 3.54. The van der Waals surface area contributed by atoms with E-state index in [9.17, 15) is 0 Å². The van der Waals surface area contributed by atoms with E-state index in [4.69, 9.17) is 0 Å². The molecule has 27 heavy (non-hydrogen) atoms.